The van der Waals surface area contributed by atoms with E-state index >= 15 is 0 Å². The molecule has 9 heteroatoms. The molecule has 0 radical (unpaired) electrons. The van der Waals surface area contributed by atoms with Crippen molar-refractivity contribution >= 4 is 23.2 Å². The summed E-state index contributed by atoms with van der Waals surface area (Å²) in [4.78, 5) is 40.5. The predicted octanol–water partition coefficient (Wildman–Crippen LogP) is 1.97. The van der Waals surface area contributed by atoms with Crippen LogP contribution in [0.3, 0.4) is 0 Å². The Kier molecular flexibility index (Phi) is 4.45. The normalized spacial score (nSPS) is 22.8. The van der Waals surface area contributed by atoms with E-state index in [4.69, 9.17) is 4.42 Å². The van der Waals surface area contributed by atoms with Crippen molar-refractivity contribution in [2.75, 3.05) is 24.5 Å². The van der Waals surface area contributed by atoms with Crippen molar-refractivity contribution in [1.29, 1.82) is 0 Å². The molecule has 1 aromatic heterocycles. The fourth-order valence-corrected chi connectivity index (χ4v) is 4.50. The van der Waals surface area contributed by atoms with Gasteiger partial charge in [0.2, 0.25) is 5.91 Å². The van der Waals surface area contributed by atoms with Gasteiger partial charge in [0.05, 0.1) is 23.1 Å². The molecule has 1 aromatic carbocycles. The van der Waals surface area contributed by atoms with Crippen LogP contribution < -0.4 is 10.2 Å². The predicted molar refractivity (Wildman–Crippen MR) is 107 cm³/mol. The number of amides is 2. The second-order valence-electron chi connectivity index (χ2n) is 8.15. The molecule has 0 spiro atoms. The second kappa shape index (κ2) is 7.16. The minimum absolute atomic E-state index is 0.0279. The van der Waals surface area contributed by atoms with Crippen LogP contribution >= 0.6 is 0 Å². The van der Waals surface area contributed by atoms with Crippen LogP contribution in [-0.2, 0) is 11.2 Å². The molecule has 2 atom stereocenters. The van der Waals surface area contributed by atoms with Gasteiger partial charge in [0, 0.05) is 43.5 Å². The molecule has 3 aliphatic rings. The van der Waals surface area contributed by atoms with E-state index in [-0.39, 0.29) is 41.3 Å². The van der Waals surface area contributed by atoms with Crippen LogP contribution in [0.15, 0.2) is 41.0 Å². The molecule has 9 nitrogen and oxygen atoms in total. The molecule has 1 aliphatic carbocycles. The highest BCUT2D eigenvalue weighted by molar-refractivity contribution is 5.92. The number of carbonyl (C=O) groups is 2. The van der Waals surface area contributed by atoms with E-state index in [1.165, 1.54) is 12.3 Å². The van der Waals surface area contributed by atoms with E-state index in [1.54, 1.807) is 29.2 Å². The number of piperazine rings is 1. The third kappa shape index (κ3) is 3.30. The van der Waals surface area contributed by atoms with Crippen LogP contribution in [0, 0.1) is 16.0 Å². The number of nitrogens with one attached hydrogen (secondary N) is 1. The first kappa shape index (κ1) is 18.7. The lowest BCUT2D eigenvalue weighted by Gasteiger charge is -2.48. The minimum Gasteiger partial charge on any atom is -0.459 e. The highest BCUT2D eigenvalue weighted by Crippen LogP contribution is 2.38. The molecule has 0 unspecified atom stereocenters. The van der Waals surface area contributed by atoms with Crippen LogP contribution in [0.1, 0.15) is 29.0 Å². The van der Waals surface area contributed by atoms with Crippen molar-refractivity contribution in [3.8, 4) is 0 Å². The Morgan fingerprint density at radius 2 is 2.03 bits per heavy atom. The average molecular weight is 410 g/mol. The summed E-state index contributed by atoms with van der Waals surface area (Å²) in [7, 11) is 0. The van der Waals surface area contributed by atoms with E-state index < -0.39 is 4.92 Å². The Labute approximate surface area is 172 Å². The Bertz CT molecular complexity index is 1000. The topological polar surface area (TPSA) is 109 Å². The maximum atomic E-state index is 13.0. The van der Waals surface area contributed by atoms with E-state index in [0.29, 0.717) is 26.1 Å². The van der Waals surface area contributed by atoms with Crippen LogP contribution in [-0.4, -0.2) is 53.4 Å². The summed E-state index contributed by atoms with van der Waals surface area (Å²) in [5, 5.41) is 14.3. The maximum Gasteiger partial charge on any atom is 0.289 e. The van der Waals surface area contributed by atoms with Gasteiger partial charge in [-0.3, -0.25) is 19.7 Å². The number of nitrogens with zero attached hydrogens (tertiary/aromatic N) is 3. The lowest BCUT2D eigenvalue weighted by Crippen LogP contribution is -2.62. The minimum atomic E-state index is -0.411. The SMILES string of the molecule is O=C(NC1CC1)[C@@H]1Cc2cc([N+](=O)[O-])ccc2N2CCN(C(=O)c3ccco3)C[C@H]12. The van der Waals surface area contributed by atoms with Gasteiger partial charge >= 0.3 is 0 Å². The second-order valence-corrected chi connectivity index (χ2v) is 8.15. The fourth-order valence-electron chi connectivity index (χ4n) is 4.50. The van der Waals surface area contributed by atoms with Crippen molar-refractivity contribution in [1.82, 2.24) is 10.2 Å². The number of nitro groups is 1. The number of rotatable bonds is 4. The van der Waals surface area contributed by atoms with Crippen molar-refractivity contribution in [2.45, 2.75) is 31.3 Å². The van der Waals surface area contributed by atoms with Gasteiger partial charge in [0.15, 0.2) is 5.76 Å². The quantitative estimate of drug-likeness (QED) is 0.610. The number of anilines is 1. The first-order valence-electron chi connectivity index (χ1n) is 10.2. The zero-order valence-corrected chi connectivity index (χ0v) is 16.3. The number of benzene rings is 1. The Morgan fingerprint density at radius 3 is 2.73 bits per heavy atom. The standard InChI is InChI=1S/C21H22N4O5/c26-20(22-14-3-4-14)16-11-13-10-15(25(28)29)5-6-17(13)24-8-7-23(12-18(16)24)21(27)19-2-1-9-30-19/h1-2,5-6,9-10,14,16,18H,3-4,7-8,11-12H2,(H,22,26)/t16-,18-/m1/s1. The fraction of sp³-hybridized carbons (Fsp3) is 0.429. The highest BCUT2D eigenvalue weighted by atomic mass is 16.6. The molecule has 5 rings (SSSR count). The summed E-state index contributed by atoms with van der Waals surface area (Å²) in [5.41, 5.74) is 1.74. The molecule has 30 heavy (non-hydrogen) atoms. The first-order chi connectivity index (χ1) is 14.5. The highest BCUT2D eigenvalue weighted by Gasteiger charge is 2.44. The number of non-ortho nitro benzene ring substituents is 1. The van der Waals surface area contributed by atoms with Crippen molar-refractivity contribution < 1.29 is 18.9 Å². The van der Waals surface area contributed by atoms with Crippen LogP contribution in [0.25, 0.3) is 0 Å². The molecular formula is C21H22N4O5. The number of fused-ring (bicyclic) bond motifs is 3. The zero-order valence-electron chi connectivity index (χ0n) is 16.3. The molecule has 0 bridgehead atoms. The average Bonchev–Trinajstić information content (AvgIpc) is 3.39. The number of carbonyl (C=O) groups excluding carboxylic acids is 2. The van der Waals surface area contributed by atoms with Gasteiger partial charge in [-0.2, -0.15) is 0 Å². The molecule has 2 fully saturated rings. The van der Waals surface area contributed by atoms with Gasteiger partial charge in [-0.15, -0.1) is 0 Å². The number of nitro benzene ring substituents is 1. The molecule has 1 saturated carbocycles. The van der Waals surface area contributed by atoms with Gasteiger partial charge in [-0.1, -0.05) is 0 Å². The Morgan fingerprint density at radius 1 is 1.20 bits per heavy atom. The van der Waals surface area contributed by atoms with Crippen LogP contribution in [0.2, 0.25) is 0 Å². The number of furan rings is 1. The summed E-state index contributed by atoms with van der Waals surface area (Å²) >= 11 is 0. The molecule has 156 valence electrons. The first-order valence-corrected chi connectivity index (χ1v) is 10.2. The zero-order chi connectivity index (χ0) is 20.8. The molecule has 3 heterocycles. The van der Waals surface area contributed by atoms with Crippen LogP contribution in [0.4, 0.5) is 11.4 Å². The van der Waals surface area contributed by atoms with E-state index in [1.807, 2.05) is 0 Å². The van der Waals surface area contributed by atoms with Gasteiger partial charge in [0.1, 0.15) is 0 Å². The van der Waals surface area contributed by atoms with Crippen molar-refractivity contribution in [3.05, 3.63) is 58.0 Å². The lowest BCUT2D eigenvalue weighted by atomic mass is 9.83. The smallest absolute Gasteiger partial charge is 0.289 e. The molecule has 2 amide bonds. The van der Waals surface area contributed by atoms with Crippen molar-refractivity contribution in [2.24, 2.45) is 5.92 Å². The number of hydrogen-bond donors (Lipinski definition) is 1. The van der Waals surface area contributed by atoms with Gasteiger partial charge < -0.3 is 19.5 Å². The Hall–Kier alpha value is -3.36. The largest absolute Gasteiger partial charge is 0.459 e. The number of hydrogen-bond acceptors (Lipinski definition) is 6. The molecule has 1 saturated heterocycles. The third-order valence-electron chi connectivity index (χ3n) is 6.19. The summed E-state index contributed by atoms with van der Waals surface area (Å²) in [6, 6.07) is 8.19. The van der Waals surface area contributed by atoms with E-state index in [9.17, 15) is 19.7 Å². The third-order valence-corrected chi connectivity index (χ3v) is 6.19. The van der Waals surface area contributed by atoms with E-state index in [2.05, 4.69) is 10.2 Å². The van der Waals surface area contributed by atoms with Crippen LogP contribution in [0.5, 0.6) is 0 Å². The van der Waals surface area contributed by atoms with Gasteiger partial charge in [-0.05, 0) is 43.0 Å². The van der Waals surface area contributed by atoms with Crippen molar-refractivity contribution in [3.63, 3.8) is 0 Å². The van der Waals surface area contributed by atoms with Gasteiger partial charge in [0.25, 0.3) is 11.6 Å². The Balaban J connectivity index is 1.46. The summed E-state index contributed by atoms with van der Waals surface area (Å²) in [5.74, 6) is -0.325. The summed E-state index contributed by atoms with van der Waals surface area (Å²) < 4.78 is 5.26. The molecular weight excluding hydrogens is 388 g/mol. The summed E-state index contributed by atoms with van der Waals surface area (Å²) in [6.07, 6.45) is 3.86. The van der Waals surface area contributed by atoms with Gasteiger partial charge in [-0.25, -0.2) is 0 Å². The monoisotopic (exact) mass is 410 g/mol. The molecule has 2 aliphatic heterocycles. The summed E-state index contributed by atoms with van der Waals surface area (Å²) in [6.45, 7) is 1.44. The lowest BCUT2D eigenvalue weighted by molar-refractivity contribution is -0.384. The van der Waals surface area contributed by atoms with E-state index in [0.717, 1.165) is 24.1 Å². The maximum absolute atomic E-state index is 13.0. The molecule has 1 N–H and O–H groups in total. The molecule has 2 aromatic rings.